The fourth-order valence-corrected chi connectivity index (χ4v) is 2.16. The molecule has 2 nitrogen and oxygen atoms in total. The topological polar surface area (TPSA) is 17.3 Å². The minimum atomic E-state index is 0.539. The summed E-state index contributed by atoms with van der Waals surface area (Å²) in [6.45, 7) is 0. The number of rotatable bonds is 1. The average molecular weight is 263 g/mol. The van der Waals surface area contributed by atoms with E-state index in [1.807, 2.05) is 47.1 Å². The van der Waals surface area contributed by atoms with E-state index >= 15 is 0 Å². The molecule has 2 heterocycles. The van der Waals surface area contributed by atoms with Gasteiger partial charge in [0.05, 0.1) is 15.7 Å². The van der Waals surface area contributed by atoms with Gasteiger partial charge in [-0.2, -0.15) is 0 Å². The van der Waals surface area contributed by atoms with Crippen LogP contribution in [-0.2, 0) is 0 Å². The minimum Gasteiger partial charge on any atom is -0.306 e. The highest BCUT2D eigenvalue weighted by Gasteiger charge is 2.09. The number of nitrogens with zero attached hydrogens (tertiary/aromatic N) is 2. The Morgan fingerprint density at radius 3 is 2.71 bits per heavy atom. The summed E-state index contributed by atoms with van der Waals surface area (Å²) >= 11 is 12.2. The van der Waals surface area contributed by atoms with Crippen LogP contribution in [0.5, 0.6) is 0 Å². The van der Waals surface area contributed by atoms with Crippen LogP contribution in [0.1, 0.15) is 0 Å². The van der Waals surface area contributed by atoms with Crippen LogP contribution >= 0.6 is 23.2 Å². The number of aromatic nitrogens is 2. The summed E-state index contributed by atoms with van der Waals surface area (Å²) in [4.78, 5) is 4.50. The van der Waals surface area contributed by atoms with Crippen molar-refractivity contribution in [1.29, 1.82) is 0 Å². The van der Waals surface area contributed by atoms with Crippen LogP contribution < -0.4 is 0 Å². The predicted octanol–water partition coefficient (Wildman–Crippen LogP) is 4.31. The lowest BCUT2D eigenvalue weighted by Crippen LogP contribution is -1.79. The van der Waals surface area contributed by atoms with Gasteiger partial charge in [-0.1, -0.05) is 41.4 Å². The zero-order valence-electron chi connectivity index (χ0n) is 8.77. The summed E-state index contributed by atoms with van der Waals surface area (Å²) in [5.41, 5.74) is 2.56. The Hall–Kier alpha value is -1.51. The first-order valence-corrected chi connectivity index (χ1v) is 5.89. The maximum absolute atomic E-state index is 6.17. The van der Waals surface area contributed by atoms with Crippen LogP contribution in [0.3, 0.4) is 0 Å². The second-order valence-corrected chi connectivity index (χ2v) is 4.48. The highest BCUT2D eigenvalue weighted by Crippen LogP contribution is 2.32. The molecule has 1 aromatic carbocycles. The van der Waals surface area contributed by atoms with Gasteiger partial charge in [0.15, 0.2) is 0 Å². The van der Waals surface area contributed by atoms with E-state index in [2.05, 4.69) is 4.98 Å². The lowest BCUT2D eigenvalue weighted by molar-refractivity contribution is 1.19. The smallest absolute Gasteiger partial charge is 0.137 e. The number of fused-ring (bicyclic) bond motifs is 1. The Bertz CT molecular complexity index is 656. The maximum Gasteiger partial charge on any atom is 0.137 e. The van der Waals surface area contributed by atoms with Crippen LogP contribution in [0.15, 0.2) is 48.8 Å². The van der Waals surface area contributed by atoms with Gasteiger partial charge >= 0.3 is 0 Å². The fourth-order valence-electron chi connectivity index (χ4n) is 1.77. The van der Waals surface area contributed by atoms with E-state index < -0.39 is 0 Å². The monoisotopic (exact) mass is 262 g/mol. The number of hydrogen-bond donors (Lipinski definition) is 0. The molecule has 0 N–H and O–H groups in total. The molecule has 0 saturated heterocycles. The molecule has 0 atom stereocenters. The number of halogens is 2. The second-order valence-electron chi connectivity index (χ2n) is 3.69. The molecule has 84 valence electrons. The van der Waals surface area contributed by atoms with Gasteiger partial charge in [-0.05, 0) is 18.2 Å². The van der Waals surface area contributed by atoms with E-state index in [1.165, 1.54) is 0 Å². The summed E-state index contributed by atoms with van der Waals surface area (Å²) in [6.07, 6.45) is 3.89. The molecule has 0 saturated carbocycles. The molecule has 0 aliphatic heterocycles. The zero-order chi connectivity index (χ0) is 11.8. The third kappa shape index (κ3) is 1.79. The van der Waals surface area contributed by atoms with Crippen molar-refractivity contribution in [2.24, 2.45) is 0 Å². The first-order valence-electron chi connectivity index (χ1n) is 5.14. The number of benzene rings is 1. The molecule has 4 heteroatoms. The van der Waals surface area contributed by atoms with Crippen LogP contribution in [0.4, 0.5) is 0 Å². The van der Waals surface area contributed by atoms with Crippen molar-refractivity contribution >= 4 is 28.8 Å². The number of pyridine rings is 1. The third-order valence-electron chi connectivity index (χ3n) is 2.59. The first kappa shape index (κ1) is 10.6. The number of hydrogen-bond acceptors (Lipinski definition) is 1. The molecule has 0 bridgehead atoms. The Morgan fingerprint density at radius 2 is 1.88 bits per heavy atom. The molecule has 0 amide bonds. The van der Waals surface area contributed by atoms with Crippen molar-refractivity contribution in [3.05, 3.63) is 58.8 Å². The molecule has 0 radical (unpaired) electrons. The summed E-state index contributed by atoms with van der Waals surface area (Å²) in [5.74, 6) is 0. The Morgan fingerprint density at radius 1 is 1.00 bits per heavy atom. The maximum atomic E-state index is 6.17. The summed E-state index contributed by atoms with van der Waals surface area (Å²) in [6, 6.07) is 11.4. The van der Waals surface area contributed by atoms with E-state index in [0.717, 1.165) is 16.9 Å². The fraction of sp³-hybridized carbons (Fsp3) is 0. The van der Waals surface area contributed by atoms with Crippen molar-refractivity contribution in [3.63, 3.8) is 0 Å². The minimum absolute atomic E-state index is 0.539. The molecule has 3 aromatic rings. The third-order valence-corrected chi connectivity index (χ3v) is 3.41. The molecular formula is C13H8Cl2N2. The normalized spacial score (nSPS) is 10.9. The summed E-state index contributed by atoms with van der Waals surface area (Å²) < 4.78 is 1.95. The Balaban J connectivity index is 2.24. The van der Waals surface area contributed by atoms with Gasteiger partial charge in [-0.25, -0.2) is 4.98 Å². The standard InChI is InChI=1S/C13H8Cl2N2/c14-10-5-3-4-9(13(10)15)11-8-17-7-2-1-6-12(17)16-11/h1-8H. The SMILES string of the molecule is Clc1cccc(-c2cn3ccccc3n2)c1Cl. The molecule has 3 rings (SSSR count). The van der Waals surface area contributed by atoms with E-state index in [4.69, 9.17) is 23.2 Å². The summed E-state index contributed by atoms with van der Waals surface area (Å²) in [5, 5.41) is 1.08. The van der Waals surface area contributed by atoms with Crippen LogP contribution in [-0.4, -0.2) is 9.38 Å². The van der Waals surface area contributed by atoms with E-state index in [1.54, 1.807) is 6.07 Å². The average Bonchev–Trinajstić information content (AvgIpc) is 2.76. The molecule has 0 aliphatic carbocycles. The van der Waals surface area contributed by atoms with Crippen molar-refractivity contribution in [1.82, 2.24) is 9.38 Å². The van der Waals surface area contributed by atoms with Gasteiger partial charge in [0.1, 0.15) is 5.65 Å². The van der Waals surface area contributed by atoms with Crippen molar-refractivity contribution in [2.75, 3.05) is 0 Å². The molecule has 2 aromatic heterocycles. The van der Waals surface area contributed by atoms with Gasteiger partial charge in [0.2, 0.25) is 0 Å². The Kier molecular flexibility index (Phi) is 2.54. The van der Waals surface area contributed by atoms with Gasteiger partial charge in [0, 0.05) is 18.0 Å². The molecular weight excluding hydrogens is 255 g/mol. The number of imidazole rings is 1. The van der Waals surface area contributed by atoms with Gasteiger partial charge in [-0.15, -0.1) is 0 Å². The van der Waals surface area contributed by atoms with Crippen molar-refractivity contribution in [2.45, 2.75) is 0 Å². The molecule has 0 spiro atoms. The van der Waals surface area contributed by atoms with Crippen molar-refractivity contribution in [3.8, 4) is 11.3 Å². The Labute approximate surface area is 108 Å². The van der Waals surface area contributed by atoms with Gasteiger partial charge in [-0.3, -0.25) is 0 Å². The molecule has 0 aliphatic rings. The molecule has 0 unspecified atom stereocenters. The highest BCUT2D eigenvalue weighted by atomic mass is 35.5. The van der Waals surface area contributed by atoms with Crippen molar-refractivity contribution < 1.29 is 0 Å². The second kappa shape index (κ2) is 4.06. The van der Waals surface area contributed by atoms with Gasteiger partial charge in [0.25, 0.3) is 0 Å². The van der Waals surface area contributed by atoms with Crippen LogP contribution in [0.25, 0.3) is 16.9 Å². The summed E-state index contributed by atoms with van der Waals surface area (Å²) in [7, 11) is 0. The molecule has 17 heavy (non-hydrogen) atoms. The molecule has 0 fully saturated rings. The zero-order valence-corrected chi connectivity index (χ0v) is 10.3. The quantitative estimate of drug-likeness (QED) is 0.639. The largest absolute Gasteiger partial charge is 0.306 e. The lowest BCUT2D eigenvalue weighted by atomic mass is 10.2. The lowest BCUT2D eigenvalue weighted by Gasteiger charge is -2.01. The van der Waals surface area contributed by atoms with Crippen LogP contribution in [0, 0.1) is 0 Å². The predicted molar refractivity (Wildman–Crippen MR) is 70.6 cm³/mol. The van der Waals surface area contributed by atoms with E-state index in [9.17, 15) is 0 Å². The van der Waals surface area contributed by atoms with E-state index in [-0.39, 0.29) is 0 Å². The van der Waals surface area contributed by atoms with Crippen LogP contribution in [0.2, 0.25) is 10.0 Å². The van der Waals surface area contributed by atoms with E-state index in [0.29, 0.717) is 10.0 Å². The first-order chi connectivity index (χ1) is 8.25. The highest BCUT2D eigenvalue weighted by molar-refractivity contribution is 6.43. The van der Waals surface area contributed by atoms with Gasteiger partial charge < -0.3 is 4.40 Å².